The summed E-state index contributed by atoms with van der Waals surface area (Å²) < 4.78 is 11.7. The number of para-hydroxylation sites is 2. The van der Waals surface area contributed by atoms with Gasteiger partial charge in [0.1, 0.15) is 12.7 Å². The Hall–Kier alpha value is -0.870. The van der Waals surface area contributed by atoms with E-state index in [1.165, 1.54) is 24.6 Å². The molecule has 1 aromatic carbocycles. The van der Waals surface area contributed by atoms with Gasteiger partial charge in [0.25, 0.3) is 0 Å². The molecule has 0 N–H and O–H groups in total. The van der Waals surface area contributed by atoms with Crippen LogP contribution in [0.4, 0.5) is 0 Å². The minimum absolute atomic E-state index is 0.174. The van der Waals surface area contributed by atoms with Crippen molar-refractivity contribution in [1.29, 1.82) is 0 Å². The van der Waals surface area contributed by atoms with Gasteiger partial charge in [-0.05, 0) is 12.1 Å². The van der Waals surface area contributed by atoms with Crippen LogP contribution in [0.3, 0.4) is 0 Å². The van der Waals surface area contributed by atoms with E-state index in [1.807, 2.05) is 36.0 Å². The molecule has 1 aromatic rings. The molecule has 3 nitrogen and oxygen atoms in total. The van der Waals surface area contributed by atoms with E-state index in [1.54, 1.807) is 0 Å². The van der Waals surface area contributed by atoms with Gasteiger partial charge in [-0.2, -0.15) is 11.8 Å². The predicted molar refractivity (Wildman–Crippen MR) is 70.1 cm³/mol. The molecule has 1 fully saturated rings. The van der Waals surface area contributed by atoms with Crippen LogP contribution in [0.1, 0.15) is 0 Å². The molecule has 0 aromatic heterocycles. The summed E-state index contributed by atoms with van der Waals surface area (Å²) in [4.78, 5) is 2.47. The zero-order valence-electron chi connectivity index (χ0n) is 9.80. The third kappa shape index (κ3) is 2.69. The van der Waals surface area contributed by atoms with Gasteiger partial charge >= 0.3 is 0 Å². The predicted octanol–water partition coefficient (Wildman–Crippen LogP) is 1.88. The van der Waals surface area contributed by atoms with Crippen LogP contribution in [0.25, 0.3) is 0 Å². The first kappa shape index (κ1) is 11.2. The summed E-state index contributed by atoms with van der Waals surface area (Å²) >= 11 is 2.04. The topological polar surface area (TPSA) is 21.7 Å². The molecule has 0 amide bonds. The fourth-order valence-electron chi connectivity index (χ4n) is 2.22. The maximum absolute atomic E-state index is 5.96. The molecule has 4 heteroatoms. The van der Waals surface area contributed by atoms with Crippen molar-refractivity contribution in [3.05, 3.63) is 24.3 Å². The van der Waals surface area contributed by atoms with E-state index in [-0.39, 0.29) is 6.10 Å². The van der Waals surface area contributed by atoms with Crippen LogP contribution in [0.5, 0.6) is 11.5 Å². The van der Waals surface area contributed by atoms with Crippen LogP contribution in [0, 0.1) is 0 Å². The monoisotopic (exact) mass is 251 g/mol. The number of hydrogen-bond acceptors (Lipinski definition) is 4. The Morgan fingerprint density at radius 1 is 1.18 bits per heavy atom. The van der Waals surface area contributed by atoms with Crippen LogP contribution in [0.2, 0.25) is 0 Å². The Bertz CT molecular complexity index is 379. The summed E-state index contributed by atoms with van der Waals surface area (Å²) in [5.41, 5.74) is 0. The molecule has 2 aliphatic rings. The average Bonchev–Trinajstić information content (AvgIpc) is 2.40. The Kier molecular flexibility index (Phi) is 3.43. The van der Waals surface area contributed by atoms with Gasteiger partial charge in [-0.1, -0.05) is 12.1 Å². The molecule has 0 saturated carbocycles. The number of thioether (sulfide) groups is 1. The van der Waals surface area contributed by atoms with Crippen molar-refractivity contribution in [2.24, 2.45) is 0 Å². The molecule has 0 bridgehead atoms. The second-order valence-corrected chi connectivity index (χ2v) is 5.64. The molecule has 2 aliphatic heterocycles. The highest BCUT2D eigenvalue weighted by Crippen LogP contribution is 2.31. The third-order valence-electron chi connectivity index (χ3n) is 3.13. The van der Waals surface area contributed by atoms with E-state index in [2.05, 4.69) is 4.90 Å². The normalized spacial score (nSPS) is 24.6. The lowest BCUT2D eigenvalue weighted by Crippen LogP contribution is -2.44. The van der Waals surface area contributed by atoms with Gasteiger partial charge in [0.2, 0.25) is 0 Å². The minimum Gasteiger partial charge on any atom is -0.486 e. The van der Waals surface area contributed by atoms with Gasteiger partial charge in [-0.15, -0.1) is 0 Å². The highest BCUT2D eigenvalue weighted by Gasteiger charge is 2.23. The van der Waals surface area contributed by atoms with Gasteiger partial charge in [-0.3, -0.25) is 4.90 Å². The Morgan fingerprint density at radius 3 is 2.76 bits per heavy atom. The second-order valence-electron chi connectivity index (χ2n) is 4.41. The van der Waals surface area contributed by atoms with E-state index in [4.69, 9.17) is 9.47 Å². The fraction of sp³-hybridized carbons (Fsp3) is 0.538. The van der Waals surface area contributed by atoms with E-state index in [9.17, 15) is 0 Å². The molecule has 3 rings (SSSR count). The van der Waals surface area contributed by atoms with Crippen LogP contribution in [-0.2, 0) is 0 Å². The fourth-order valence-corrected chi connectivity index (χ4v) is 3.20. The molecular formula is C13H17NO2S. The number of rotatable bonds is 2. The molecule has 1 saturated heterocycles. The number of benzene rings is 1. The Labute approximate surface area is 106 Å². The lowest BCUT2D eigenvalue weighted by Gasteiger charge is -2.32. The first-order valence-corrected chi connectivity index (χ1v) is 7.26. The Balaban J connectivity index is 1.60. The van der Waals surface area contributed by atoms with Crippen LogP contribution < -0.4 is 9.47 Å². The van der Waals surface area contributed by atoms with Gasteiger partial charge < -0.3 is 9.47 Å². The van der Waals surface area contributed by atoms with Crippen molar-refractivity contribution in [1.82, 2.24) is 4.90 Å². The molecule has 17 heavy (non-hydrogen) atoms. The molecule has 0 radical (unpaired) electrons. The largest absolute Gasteiger partial charge is 0.486 e. The maximum Gasteiger partial charge on any atom is 0.161 e. The van der Waals surface area contributed by atoms with Gasteiger partial charge in [0.15, 0.2) is 11.5 Å². The van der Waals surface area contributed by atoms with E-state index in [0.29, 0.717) is 6.61 Å². The molecule has 2 heterocycles. The lowest BCUT2D eigenvalue weighted by atomic mass is 10.2. The van der Waals surface area contributed by atoms with Crippen molar-refractivity contribution >= 4 is 11.8 Å². The molecule has 1 atom stereocenters. The SMILES string of the molecule is c1ccc2c(c1)OC[C@H](CN1CCSCC1)O2. The van der Waals surface area contributed by atoms with E-state index in [0.717, 1.165) is 18.0 Å². The summed E-state index contributed by atoms with van der Waals surface area (Å²) in [7, 11) is 0. The van der Waals surface area contributed by atoms with Gasteiger partial charge in [0, 0.05) is 31.1 Å². The lowest BCUT2D eigenvalue weighted by molar-refractivity contribution is 0.0614. The number of fused-ring (bicyclic) bond motifs is 1. The van der Waals surface area contributed by atoms with Gasteiger partial charge in [0.05, 0.1) is 0 Å². The van der Waals surface area contributed by atoms with Crippen molar-refractivity contribution < 1.29 is 9.47 Å². The molecule has 0 aliphatic carbocycles. The minimum atomic E-state index is 0.174. The first-order chi connectivity index (χ1) is 8.42. The standard InChI is InChI=1S/C13H17NO2S/c1-2-4-13-12(3-1)15-10-11(16-13)9-14-5-7-17-8-6-14/h1-4,11H,5-10H2/t11-/m0/s1. The van der Waals surface area contributed by atoms with Crippen molar-refractivity contribution in [2.45, 2.75) is 6.10 Å². The van der Waals surface area contributed by atoms with Crippen molar-refractivity contribution in [2.75, 3.05) is 37.7 Å². The van der Waals surface area contributed by atoms with Crippen LogP contribution in [-0.4, -0.2) is 48.8 Å². The molecule has 0 unspecified atom stereocenters. The van der Waals surface area contributed by atoms with Crippen molar-refractivity contribution in [3.8, 4) is 11.5 Å². The summed E-state index contributed by atoms with van der Waals surface area (Å²) in [6.45, 7) is 3.99. The van der Waals surface area contributed by atoms with Crippen LogP contribution in [0.15, 0.2) is 24.3 Å². The highest BCUT2D eigenvalue weighted by molar-refractivity contribution is 7.99. The number of hydrogen-bond donors (Lipinski definition) is 0. The van der Waals surface area contributed by atoms with Gasteiger partial charge in [-0.25, -0.2) is 0 Å². The smallest absolute Gasteiger partial charge is 0.161 e. The zero-order valence-corrected chi connectivity index (χ0v) is 10.6. The Morgan fingerprint density at radius 2 is 1.94 bits per heavy atom. The molecule has 92 valence electrons. The summed E-state index contributed by atoms with van der Waals surface area (Å²) in [6.07, 6.45) is 0.174. The third-order valence-corrected chi connectivity index (χ3v) is 4.08. The average molecular weight is 251 g/mol. The molecule has 0 spiro atoms. The molecular weight excluding hydrogens is 234 g/mol. The quantitative estimate of drug-likeness (QED) is 0.800. The summed E-state index contributed by atoms with van der Waals surface area (Å²) in [5.74, 6) is 4.24. The van der Waals surface area contributed by atoms with E-state index >= 15 is 0 Å². The second kappa shape index (κ2) is 5.19. The summed E-state index contributed by atoms with van der Waals surface area (Å²) in [6, 6.07) is 7.91. The van der Waals surface area contributed by atoms with E-state index < -0.39 is 0 Å². The highest BCUT2D eigenvalue weighted by atomic mass is 32.2. The summed E-state index contributed by atoms with van der Waals surface area (Å²) in [5, 5.41) is 0. The number of nitrogens with zero attached hydrogens (tertiary/aromatic N) is 1. The van der Waals surface area contributed by atoms with Crippen LogP contribution >= 0.6 is 11.8 Å². The van der Waals surface area contributed by atoms with Crippen molar-refractivity contribution in [3.63, 3.8) is 0 Å². The maximum atomic E-state index is 5.96. The first-order valence-electron chi connectivity index (χ1n) is 6.10. The number of ether oxygens (including phenoxy) is 2. The zero-order chi connectivity index (χ0) is 11.5.